The van der Waals surface area contributed by atoms with Crippen LogP contribution in [0, 0.1) is 0 Å². The van der Waals surface area contributed by atoms with Crippen LogP contribution in [0.25, 0.3) is 0 Å². The highest BCUT2D eigenvalue weighted by atomic mass is 16.5. The van der Waals surface area contributed by atoms with Crippen molar-refractivity contribution in [2.24, 2.45) is 0 Å². The molecule has 0 aromatic rings. The Bertz CT molecular complexity index is 192. The fourth-order valence-corrected chi connectivity index (χ4v) is 1.28. The van der Waals surface area contributed by atoms with Crippen LogP contribution >= 0.6 is 0 Å². The molecule has 0 saturated carbocycles. The van der Waals surface area contributed by atoms with Crippen molar-refractivity contribution in [1.82, 2.24) is 0 Å². The quantitative estimate of drug-likeness (QED) is 0.483. The fraction of sp³-hybridized carbons (Fsp3) is 0.727. The van der Waals surface area contributed by atoms with Gasteiger partial charge in [-0.25, -0.2) is 0 Å². The summed E-state index contributed by atoms with van der Waals surface area (Å²) in [5, 5.41) is 0. The van der Waals surface area contributed by atoms with Crippen molar-refractivity contribution in [2.75, 3.05) is 0 Å². The average molecular weight is 184 g/mol. The minimum atomic E-state index is -0.222. The number of carbonyl (C=O) groups excluding carboxylic acids is 1. The van der Waals surface area contributed by atoms with E-state index in [1.165, 1.54) is 25.3 Å². The van der Waals surface area contributed by atoms with Crippen LogP contribution in [0.3, 0.4) is 0 Å². The third-order valence-electron chi connectivity index (χ3n) is 2.05. The first-order valence-corrected chi connectivity index (χ1v) is 4.98. The maximum atomic E-state index is 10.7. The summed E-state index contributed by atoms with van der Waals surface area (Å²) in [6, 6.07) is 0. The van der Waals surface area contributed by atoms with Gasteiger partial charge in [0, 0.05) is 6.92 Å². The third-order valence-corrected chi connectivity index (χ3v) is 2.05. The predicted molar refractivity (Wildman–Crippen MR) is 54.3 cm³/mol. The monoisotopic (exact) mass is 184 g/mol. The summed E-state index contributed by atoms with van der Waals surface area (Å²) in [7, 11) is 0. The van der Waals surface area contributed by atoms with Crippen LogP contribution in [0.4, 0.5) is 0 Å². The number of rotatable bonds is 5. The molecule has 2 nitrogen and oxygen atoms in total. The number of carbonyl (C=O) groups is 1. The molecule has 0 saturated heterocycles. The summed E-state index contributed by atoms with van der Waals surface area (Å²) in [6.45, 7) is 7.57. The lowest BCUT2D eigenvalue weighted by atomic mass is 10.1. The maximum absolute atomic E-state index is 10.7. The molecule has 13 heavy (non-hydrogen) atoms. The summed E-state index contributed by atoms with van der Waals surface area (Å²) in [6.07, 6.45) is 4.36. The Balaban J connectivity index is 4.21. The molecular formula is C11H20O2. The number of hydrogen-bond donors (Lipinski definition) is 0. The molecule has 0 aliphatic heterocycles. The number of unbranched alkanes of at least 4 members (excludes halogenated alkanes) is 1. The number of ether oxygens (including phenoxy) is 1. The first kappa shape index (κ1) is 12.2. The minimum absolute atomic E-state index is 0.222. The molecule has 0 aromatic carbocycles. The molecule has 0 atom stereocenters. The van der Waals surface area contributed by atoms with Gasteiger partial charge in [0.15, 0.2) is 0 Å². The lowest BCUT2D eigenvalue weighted by Gasteiger charge is -2.08. The van der Waals surface area contributed by atoms with Crippen molar-refractivity contribution in [2.45, 2.75) is 53.4 Å². The van der Waals surface area contributed by atoms with Gasteiger partial charge in [-0.05, 0) is 31.8 Å². The van der Waals surface area contributed by atoms with Gasteiger partial charge in [-0.1, -0.05) is 20.3 Å². The largest absolute Gasteiger partial charge is 0.432 e. The molecule has 0 unspecified atom stereocenters. The topological polar surface area (TPSA) is 26.3 Å². The van der Waals surface area contributed by atoms with Crippen molar-refractivity contribution in [3.63, 3.8) is 0 Å². The standard InChI is InChI=1S/C11H20O2/c1-5-7-8-11(6-2)9(3)13-10(4)12/h5-8H2,1-4H3/b11-9-. The van der Waals surface area contributed by atoms with E-state index in [-0.39, 0.29) is 5.97 Å². The zero-order chi connectivity index (χ0) is 10.3. The zero-order valence-electron chi connectivity index (χ0n) is 9.14. The van der Waals surface area contributed by atoms with Crippen molar-refractivity contribution < 1.29 is 9.53 Å². The van der Waals surface area contributed by atoms with E-state index in [0.29, 0.717) is 0 Å². The van der Waals surface area contributed by atoms with Crippen molar-refractivity contribution in [1.29, 1.82) is 0 Å². The highest BCUT2D eigenvalue weighted by molar-refractivity contribution is 5.67. The Hall–Kier alpha value is -0.790. The van der Waals surface area contributed by atoms with E-state index in [0.717, 1.165) is 18.6 Å². The van der Waals surface area contributed by atoms with Gasteiger partial charge in [0.05, 0.1) is 0 Å². The van der Waals surface area contributed by atoms with Crippen LogP contribution in [0.2, 0.25) is 0 Å². The van der Waals surface area contributed by atoms with E-state index in [2.05, 4.69) is 13.8 Å². The minimum Gasteiger partial charge on any atom is -0.432 e. The summed E-state index contributed by atoms with van der Waals surface area (Å²) in [4.78, 5) is 10.7. The van der Waals surface area contributed by atoms with E-state index in [1.54, 1.807) is 0 Å². The number of allylic oxidation sites excluding steroid dienone is 2. The maximum Gasteiger partial charge on any atom is 0.307 e. The summed E-state index contributed by atoms with van der Waals surface area (Å²) in [5.41, 5.74) is 1.26. The average Bonchev–Trinajstić information content (AvgIpc) is 2.04. The molecule has 0 rings (SSSR count). The predicted octanol–water partition coefficient (Wildman–Crippen LogP) is 3.42. The normalized spacial score (nSPS) is 12.3. The van der Waals surface area contributed by atoms with E-state index >= 15 is 0 Å². The van der Waals surface area contributed by atoms with Gasteiger partial charge < -0.3 is 4.74 Å². The Kier molecular flexibility index (Phi) is 6.29. The van der Waals surface area contributed by atoms with Crippen molar-refractivity contribution in [3.05, 3.63) is 11.3 Å². The molecule has 2 heteroatoms. The van der Waals surface area contributed by atoms with Crippen molar-refractivity contribution >= 4 is 5.97 Å². The molecule has 0 aliphatic carbocycles. The molecule has 0 fully saturated rings. The van der Waals surface area contributed by atoms with E-state index in [1.807, 2.05) is 6.92 Å². The van der Waals surface area contributed by atoms with E-state index in [4.69, 9.17) is 4.74 Å². The van der Waals surface area contributed by atoms with Gasteiger partial charge >= 0.3 is 5.97 Å². The van der Waals surface area contributed by atoms with Crippen LogP contribution in [0.5, 0.6) is 0 Å². The molecule has 0 radical (unpaired) electrons. The van der Waals surface area contributed by atoms with Crippen LogP contribution in [0.1, 0.15) is 53.4 Å². The van der Waals surface area contributed by atoms with Gasteiger partial charge in [-0.2, -0.15) is 0 Å². The van der Waals surface area contributed by atoms with Gasteiger partial charge in [-0.3, -0.25) is 4.79 Å². The summed E-state index contributed by atoms with van der Waals surface area (Å²) >= 11 is 0. The second-order valence-corrected chi connectivity index (χ2v) is 3.21. The van der Waals surface area contributed by atoms with Crippen LogP contribution < -0.4 is 0 Å². The molecule has 0 heterocycles. The zero-order valence-corrected chi connectivity index (χ0v) is 9.14. The fourth-order valence-electron chi connectivity index (χ4n) is 1.28. The molecule has 0 aliphatic rings. The molecule has 0 N–H and O–H groups in total. The molecule has 0 bridgehead atoms. The first-order valence-electron chi connectivity index (χ1n) is 4.98. The van der Waals surface area contributed by atoms with Gasteiger partial charge in [-0.15, -0.1) is 0 Å². The molecule has 0 amide bonds. The Labute approximate surface area is 81.0 Å². The van der Waals surface area contributed by atoms with Crippen molar-refractivity contribution in [3.8, 4) is 0 Å². The third kappa shape index (κ3) is 5.45. The van der Waals surface area contributed by atoms with Crippen LogP contribution in [-0.4, -0.2) is 5.97 Å². The molecule has 0 aromatic heterocycles. The van der Waals surface area contributed by atoms with E-state index < -0.39 is 0 Å². The summed E-state index contributed by atoms with van der Waals surface area (Å²) < 4.78 is 5.04. The highest BCUT2D eigenvalue weighted by Crippen LogP contribution is 2.16. The van der Waals surface area contributed by atoms with E-state index in [9.17, 15) is 4.79 Å². The van der Waals surface area contributed by atoms with Gasteiger partial charge in [0.1, 0.15) is 5.76 Å². The highest BCUT2D eigenvalue weighted by Gasteiger charge is 2.03. The Morgan fingerprint density at radius 1 is 1.23 bits per heavy atom. The van der Waals surface area contributed by atoms with Crippen LogP contribution in [0.15, 0.2) is 11.3 Å². The SMILES string of the molecule is CCCC/C(CC)=C(/C)OC(C)=O. The second kappa shape index (κ2) is 6.70. The first-order chi connectivity index (χ1) is 6.11. The number of hydrogen-bond acceptors (Lipinski definition) is 2. The van der Waals surface area contributed by atoms with Gasteiger partial charge in [0.25, 0.3) is 0 Å². The lowest BCUT2D eigenvalue weighted by molar-refractivity contribution is -0.136. The van der Waals surface area contributed by atoms with Crippen LogP contribution in [-0.2, 0) is 9.53 Å². The number of esters is 1. The smallest absolute Gasteiger partial charge is 0.307 e. The lowest BCUT2D eigenvalue weighted by Crippen LogP contribution is -1.99. The van der Waals surface area contributed by atoms with Gasteiger partial charge in [0.2, 0.25) is 0 Å². The Morgan fingerprint density at radius 3 is 2.23 bits per heavy atom. The molecule has 0 spiro atoms. The molecule has 76 valence electrons. The summed E-state index contributed by atoms with van der Waals surface area (Å²) in [5.74, 6) is 0.573. The molecular weight excluding hydrogens is 164 g/mol. The second-order valence-electron chi connectivity index (χ2n) is 3.21. The Morgan fingerprint density at radius 2 is 1.85 bits per heavy atom.